The van der Waals surface area contributed by atoms with Gasteiger partial charge >= 0.3 is 0 Å². The maximum Gasteiger partial charge on any atom is 0.122 e. The monoisotopic (exact) mass is 192 g/mol. The third kappa shape index (κ3) is 3.13. The van der Waals surface area contributed by atoms with Crippen LogP contribution in [0.25, 0.3) is 0 Å². The minimum Gasteiger partial charge on any atom is -0.502 e. The molecule has 1 aromatic rings. The van der Waals surface area contributed by atoms with Gasteiger partial charge in [-0.2, -0.15) is 0 Å². The number of ether oxygens (including phenoxy) is 2. The van der Waals surface area contributed by atoms with Crippen molar-refractivity contribution in [2.24, 2.45) is 0 Å². The standard InChI is InChI=1S/C12H16O2/c1-3-14-10-6-8-11-7-4-5-9-12(11)13-2/h4-7,9-10H,3,8H2,1-2H3. The average molecular weight is 192 g/mol. The van der Waals surface area contributed by atoms with Crippen molar-refractivity contribution < 1.29 is 9.47 Å². The van der Waals surface area contributed by atoms with E-state index in [4.69, 9.17) is 9.47 Å². The van der Waals surface area contributed by atoms with Crippen LogP contribution >= 0.6 is 0 Å². The van der Waals surface area contributed by atoms with Crippen LogP contribution in [-0.2, 0) is 11.2 Å². The summed E-state index contributed by atoms with van der Waals surface area (Å²) in [6, 6.07) is 7.99. The van der Waals surface area contributed by atoms with Crippen LogP contribution in [0, 0.1) is 0 Å². The zero-order valence-electron chi connectivity index (χ0n) is 8.69. The molecule has 0 radical (unpaired) electrons. The van der Waals surface area contributed by atoms with E-state index in [1.807, 2.05) is 31.2 Å². The van der Waals surface area contributed by atoms with E-state index >= 15 is 0 Å². The Morgan fingerprint density at radius 2 is 2.07 bits per heavy atom. The van der Waals surface area contributed by atoms with Crippen LogP contribution < -0.4 is 4.74 Å². The van der Waals surface area contributed by atoms with Crippen LogP contribution in [0.15, 0.2) is 36.6 Å². The predicted molar refractivity (Wildman–Crippen MR) is 57.5 cm³/mol. The normalized spacial score (nSPS) is 10.4. The molecule has 0 heterocycles. The Bertz CT molecular complexity index is 292. The maximum atomic E-state index is 5.23. The molecule has 2 nitrogen and oxygen atoms in total. The molecular formula is C12H16O2. The number of methoxy groups -OCH3 is 1. The molecule has 1 aromatic carbocycles. The molecule has 0 N–H and O–H groups in total. The third-order valence-corrected chi connectivity index (χ3v) is 1.89. The number of benzene rings is 1. The van der Waals surface area contributed by atoms with Crippen molar-refractivity contribution in [2.45, 2.75) is 13.3 Å². The molecule has 0 spiro atoms. The Hall–Kier alpha value is -1.44. The van der Waals surface area contributed by atoms with E-state index in [2.05, 4.69) is 6.07 Å². The molecule has 0 atom stereocenters. The lowest BCUT2D eigenvalue weighted by molar-refractivity contribution is 0.268. The van der Waals surface area contributed by atoms with E-state index in [0.29, 0.717) is 6.61 Å². The van der Waals surface area contributed by atoms with E-state index < -0.39 is 0 Å². The highest BCUT2D eigenvalue weighted by atomic mass is 16.5. The quantitative estimate of drug-likeness (QED) is 0.668. The molecule has 0 aliphatic heterocycles. The molecule has 2 heteroatoms. The van der Waals surface area contributed by atoms with Gasteiger partial charge in [0.1, 0.15) is 5.75 Å². The Balaban J connectivity index is 2.57. The van der Waals surface area contributed by atoms with E-state index in [9.17, 15) is 0 Å². The summed E-state index contributed by atoms with van der Waals surface area (Å²) in [6.07, 6.45) is 4.55. The molecule has 0 unspecified atom stereocenters. The fourth-order valence-electron chi connectivity index (χ4n) is 1.21. The highest BCUT2D eigenvalue weighted by Crippen LogP contribution is 2.17. The fourth-order valence-corrected chi connectivity index (χ4v) is 1.21. The molecular weight excluding hydrogens is 176 g/mol. The number of hydrogen-bond donors (Lipinski definition) is 0. The first-order chi connectivity index (χ1) is 6.88. The van der Waals surface area contributed by atoms with Crippen molar-refractivity contribution in [3.05, 3.63) is 42.2 Å². The highest BCUT2D eigenvalue weighted by Gasteiger charge is 1.97. The van der Waals surface area contributed by atoms with Crippen molar-refractivity contribution in [1.29, 1.82) is 0 Å². The largest absolute Gasteiger partial charge is 0.502 e. The van der Waals surface area contributed by atoms with Crippen molar-refractivity contribution in [2.75, 3.05) is 13.7 Å². The van der Waals surface area contributed by atoms with Gasteiger partial charge in [0.25, 0.3) is 0 Å². The maximum absolute atomic E-state index is 5.23. The van der Waals surface area contributed by atoms with E-state index in [1.165, 1.54) is 5.56 Å². The lowest BCUT2D eigenvalue weighted by Gasteiger charge is -2.04. The fraction of sp³-hybridized carbons (Fsp3) is 0.333. The molecule has 0 fully saturated rings. The van der Waals surface area contributed by atoms with Crippen molar-refractivity contribution in [3.8, 4) is 5.75 Å². The molecule has 0 bridgehead atoms. The second-order valence-corrected chi connectivity index (χ2v) is 2.84. The second-order valence-electron chi connectivity index (χ2n) is 2.84. The number of hydrogen-bond acceptors (Lipinski definition) is 2. The van der Waals surface area contributed by atoms with Gasteiger partial charge < -0.3 is 9.47 Å². The minimum absolute atomic E-state index is 0.711. The van der Waals surface area contributed by atoms with Crippen LogP contribution in [0.5, 0.6) is 5.75 Å². The lowest BCUT2D eigenvalue weighted by atomic mass is 10.1. The zero-order chi connectivity index (χ0) is 10.2. The molecule has 14 heavy (non-hydrogen) atoms. The molecule has 0 aromatic heterocycles. The molecule has 76 valence electrons. The summed E-state index contributed by atoms with van der Waals surface area (Å²) in [7, 11) is 1.69. The Morgan fingerprint density at radius 1 is 1.29 bits per heavy atom. The van der Waals surface area contributed by atoms with Gasteiger partial charge in [-0.15, -0.1) is 0 Å². The molecule has 0 aliphatic rings. The average Bonchev–Trinajstić information content (AvgIpc) is 2.25. The van der Waals surface area contributed by atoms with Gasteiger partial charge in [-0.25, -0.2) is 0 Å². The summed E-state index contributed by atoms with van der Waals surface area (Å²) in [5, 5.41) is 0. The van der Waals surface area contributed by atoms with Gasteiger partial charge in [-0.1, -0.05) is 18.2 Å². The number of allylic oxidation sites excluding steroid dienone is 1. The number of para-hydroxylation sites is 1. The highest BCUT2D eigenvalue weighted by molar-refractivity contribution is 5.34. The molecule has 0 aliphatic carbocycles. The SMILES string of the molecule is CCOC=CCc1ccccc1OC. The van der Waals surface area contributed by atoms with Crippen LogP contribution in [-0.4, -0.2) is 13.7 Å². The van der Waals surface area contributed by atoms with Gasteiger partial charge in [0.2, 0.25) is 0 Å². The van der Waals surface area contributed by atoms with E-state index in [1.54, 1.807) is 13.4 Å². The first kappa shape index (κ1) is 10.6. The molecule has 0 amide bonds. The van der Waals surface area contributed by atoms with E-state index in [0.717, 1.165) is 12.2 Å². The van der Waals surface area contributed by atoms with Gasteiger partial charge in [0, 0.05) is 0 Å². The van der Waals surface area contributed by atoms with Crippen LogP contribution in [0.2, 0.25) is 0 Å². The Kier molecular flexibility index (Phi) is 4.62. The summed E-state index contributed by atoms with van der Waals surface area (Å²) in [4.78, 5) is 0. The summed E-state index contributed by atoms with van der Waals surface area (Å²) in [5.41, 5.74) is 1.17. The van der Waals surface area contributed by atoms with Crippen molar-refractivity contribution >= 4 is 0 Å². The van der Waals surface area contributed by atoms with Crippen molar-refractivity contribution in [1.82, 2.24) is 0 Å². The second kappa shape index (κ2) is 6.08. The molecule has 0 saturated carbocycles. The summed E-state index contributed by atoms with van der Waals surface area (Å²) >= 11 is 0. The minimum atomic E-state index is 0.711. The lowest BCUT2D eigenvalue weighted by Crippen LogP contribution is -1.90. The van der Waals surface area contributed by atoms with E-state index in [-0.39, 0.29) is 0 Å². The van der Waals surface area contributed by atoms with Crippen LogP contribution in [0.4, 0.5) is 0 Å². The smallest absolute Gasteiger partial charge is 0.122 e. The predicted octanol–water partition coefficient (Wildman–Crippen LogP) is 2.79. The van der Waals surface area contributed by atoms with Crippen LogP contribution in [0.1, 0.15) is 12.5 Å². The van der Waals surface area contributed by atoms with Gasteiger partial charge in [0.15, 0.2) is 0 Å². The Labute approximate surface area is 85.2 Å². The Morgan fingerprint density at radius 3 is 2.79 bits per heavy atom. The summed E-state index contributed by atoms with van der Waals surface area (Å²) < 4.78 is 10.3. The molecule has 0 saturated heterocycles. The van der Waals surface area contributed by atoms with Gasteiger partial charge in [0.05, 0.1) is 20.0 Å². The first-order valence-electron chi connectivity index (χ1n) is 4.77. The molecule has 1 rings (SSSR count). The van der Waals surface area contributed by atoms with Gasteiger partial charge in [-0.3, -0.25) is 0 Å². The number of rotatable bonds is 5. The van der Waals surface area contributed by atoms with Gasteiger partial charge in [-0.05, 0) is 31.1 Å². The first-order valence-corrected chi connectivity index (χ1v) is 4.77. The van der Waals surface area contributed by atoms with Crippen molar-refractivity contribution in [3.63, 3.8) is 0 Å². The topological polar surface area (TPSA) is 18.5 Å². The third-order valence-electron chi connectivity index (χ3n) is 1.89. The zero-order valence-corrected chi connectivity index (χ0v) is 8.69. The van der Waals surface area contributed by atoms with Crippen LogP contribution in [0.3, 0.4) is 0 Å². The summed E-state index contributed by atoms with van der Waals surface area (Å²) in [5.74, 6) is 0.925. The summed E-state index contributed by atoms with van der Waals surface area (Å²) in [6.45, 7) is 2.68.